The van der Waals surface area contributed by atoms with E-state index in [1.807, 2.05) is 0 Å². The molecule has 2 aromatic heterocycles. The molecule has 0 aliphatic heterocycles. The Morgan fingerprint density at radius 2 is 1.83 bits per heavy atom. The molecule has 0 radical (unpaired) electrons. The first kappa shape index (κ1) is 13.6. The summed E-state index contributed by atoms with van der Waals surface area (Å²) in [6.45, 7) is 0. The normalized spacial score (nSPS) is 12.0. The number of para-hydroxylation sites is 1. The minimum atomic E-state index is -3.90. The zero-order valence-corrected chi connectivity index (χ0v) is 12.4. The summed E-state index contributed by atoms with van der Waals surface area (Å²) in [6.07, 6.45) is 0. The highest BCUT2D eigenvalue weighted by Gasteiger charge is 2.21. The number of aromatic nitrogens is 3. The van der Waals surface area contributed by atoms with Crippen molar-refractivity contribution in [1.82, 2.24) is 14.4 Å². The molecule has 0 spiro atoms. The third kappa shape index (κ3) is 2.11. The highest BCUT2D eigenvalue weighted by atomic mass is 32.2. The van der Waals surface area contributed by atoms with Gasteiger partial charge in [0, 0.05) is 11.5 Å². The number of hydrogen-bond donors (Lipinski definition) is 0. The average molecular weight is 327 g/mol. The van der Waals surface area contributed by atoms with Crippen LogP contribution < -0.4 is 5.63 Å². The van der Waals surface area contributed by atoms with Crippen molar-refractivity contribution in [3.63, 3.8) is 0 Å². The van der Waals surface area contributed by atoms with Crippen molar-refractivity contribution in [3.8, 4) is 0 Å². The molecule has 0 aliphatic rings. The molecule has 0 saturated carbocycles. The summed E-state index contributed by atoms with van der Waals surface area (Å²) in [6, 6.07) is 13.8. The molecule has 23 heavy (non-hydrogen) atoms. The number of benzene rings is 2. The van der Waals surface area contributed by atoms with Crippen LogP contribution >= 0.6 is 0 Å². The lowest BCUT2D eigenvalue weighted by molar-refractivity contribution is 0.560. The maximum Gasteiger partial charge on any atom is 0.336 e. The number of rotatable bonds is 2. The highest BCUT2D eigenvalue weighted by Crippen LogP contribution is 2.22. The molecule has 0 saturated heterocycles. The van der Waals surface area contributed by atoms with Crippen molar-refractivity contribution < 1.29 is 12.8 Å². The molecule has 0 fully saturated rings. The molecule has 0 N–H and O–H groups in total. The Balaban J connectivity index is 1.95. The second-order valence-corrected chi connectivity index (χ2v) is 6.65. The van der Waals surface area contributed by atoms with E-state index in [1.54, 1.807) is 24.3 Å². The lowest BCUT2D eigenvalue weighted by Gasteiger charge is -2.05. The Hall–Kier alpha value is -3.00. The van der Waals surface area contributed by atoms with E-state index in [2.05, 4.69) is 10.3 Å². The second kappa shape index (κ2) is 4.75. The average Bonchev–Trinajstić information content (AvgIpc) is 2.99. The largest absolute Gasteiger partial charge is 0.423 e. The summed E-state index contributed by atoms with van der Waals surface area (Å²) in [5, 5.41) is 8.11. The van der Waals surface area contributed by atoms with E-state index in [9.17, 15) is 13.2 Å². The summed E-state index contributed by atoms with van der Waals surface area (Å²) < 4.78 is 31.5. The van der Waals surface area contributed by atoms with Crippen LogP contribution in [0.4, 0.5) is 0 Å². The van der Waals surface area contributed by atoms with Gasteiger partial charge in [-0.2, -0.15) is 8.42 Å². The van der Waals surface area contributed by atoms with Crippen molar-refractivity contribution in [2.75, 3.05) is 0 Å². The van der Waals surface area contributed by atoms with Gasteiger partial charge in [-0.05, 0) is 36.4 Å². The molecule has 4 rings (SSSR count). The Morgan fingerprint density at radius 3 is 2.70 bits per heavy atom. The first-order chi connectivity index (χ1) is 11.1. The van der Waals surface area contributed by atoms with E-state index in [0.29, 0.717) is 22.0 Å². The molecule has 4 aromatic rings. The molecule has 2 aromatic carbocycles. The molecule has 8 heteroatoms. The molecule has 114 valence electrons. The van der Waals surface area contributed by atoms with Crippen molar-refractivity contribution >= 4 is 32.0 Å². The maximum absolute atomic E-state index is 12.8. The topological polar surface area (TPSA) is 95.1 Å². The van der Waals surface area contributed by atoms with Crippen molar-refractivity contribution in [3.05, 3.63) is 65.0 Å². The lowest BCUT2D eigenvalue weighted by atomic mass is 10.2. The standard InChI is InChI=1S/C15H9N3O4S/c19-15-8-5-10-9-11(6-7-14(10)22-15)23(20,21)18-13-4-2-1-3-12(13)16-17-18/h1-9H. The second-order valence-electron chi connectivity index (χ2n) is 4.88. The smallest absolute Gasteiger partial charge is 0.336 e. The van der Waals surface area contributed by atoms with E-state index in [-0.39, 0.29) is 4.90 Å². The maximum atomic E-state index is 12.8. The van der Waals surface area contributed by atoms with Crippen LogP contribution in [0.15, 0.2) is 68.7 Å². The van der Waals surface area contributed by atoms with Crippen LogP contribution in [-0.4, -0.2) is 22.8 Å². The predicted molar refractivity (Wildman–Crippen MR) is 82.6 cm³/mol. The van der Waals surface area contributed by atoms with Gasteiger partial charge in [0.1, 0.15) is 16.6 Å². The number of hydrogen-bond acceptors (Lipinski definition) is 6. The fourth-order valence-corrected chi connectivity index (χ4v) is 3.60. The Kier molecular flexibility index (Phi) is 2.82. The van der Waals surface area contributed by atoms with Crippen molar-refractivity contribution in [2.24, 2.45) is 0 Å². The van der Waals surface area contributed by atoms with Gasteiger partial charge in [0.2, 0.25) is 0 Å². The Bertz CT molecular complexity index is 1210. The predicted octanol–water partition coefficient (Wildman–Crippen LogP) is 1.77. The van der Waals surface area contributed by atoms with Gasteiger partial charge in [0.05, 0.1) is 4.90 Å². The van der Waals surface area contributed by atoms with Crippen molar-refractivity contribution in [1.29, 1.82) is 0 Å². The zero-order chi connectivity index (χ0) is 16.0. The third-order valence-electron chi connectivity index (χ3n) is 3.44. The van der Waals surface area contributed by atoms with Crippen LogP contribution in [0, 0.1) is 0 Å². The molecule has 0 amide bonds. The van der Waals surface area contributed by atoms with Gasteiger partial charge >= 0.3 is 5.63 Å². The van der Waals surface area contributed by atoms with E-state index < -0.39 is 15.6 Å². The van der Waals surface area contributed by atoms with Crippen LogP contribution in [0.25, 0.3) is 22.0 Å². The number of nitrogens with zero attached hydrogens (tertiary/aromatic N) is 3. The van der Waals surface area contributed by atoms with Crippen LogP contribution in [0.2, 0.25) is 0 Å². The van der Waals surface area contributed by atoms with Gasteiger partial charge in [-0.3, -0.25) is 0 Å². The summed E-state index contributed by atoms with van der Waals surface area (Å²) >= 11 is 0. The minimum Gasteiger partial charge on any atom is -0.423 e. The van der Waals surface area contributed by atoms with Gasteiger partial charge < -0.3 is 4.42 Å². The van der Waals surface area contributed by atoms with Gasteiger partial charge in [-0.15, -0.1) is 9.19 Å². The summed E-state index contributed by atoms with van der Waals surface area (Å²) in [5.74, 6) is 0. The first-order valence-electron chi connectivity index (χ1n) is 6.66. The fourth-order valence-electron chi connectivity index (χ4n) is 2.34. The van der Waals surface area contributed by atoms with Crippen LogP contribution in [0.5, 0.6) is 0 Å². The molecule has 0 bridgehead atoms. The Morgan fingerprint density at radius 1 is 1.00 bits per heavy atom. The molecular weight excluding hydrogens is 318 g/mol. The summed E-state index contributed by atoms with van der Waals surface area (Å²) in [4.78, 5) is 11.2. The third-order valence-corrected chi connectivity index (χ3v) is 5.01. The summed E-state index contributed by atoms with van der Waals surface area (Å²) in [5.41, 5.74) is 0.713. The summed E-state index contributed by atoms with van der Waals surface area (Å²) in [7, 11) is -3.90. The van der Waals surface area contributed by atoms with E-state index in [0.717, 1.165) is 4.09 Å². The van der Waals surface area contributed by atoms with E-state index in [4.69, 9.17) is 4.42 Å². The van der Waals surface area contributed by atoms with Gasteiger partial charge in [-0.25, -0.2) is 4.79 Å². The van der Waals surface area contributed by atoms with Crippen LogP contribution in [0.3, 0.4) is 0 Å². The Labute approximate surface area is 129 Å². The fraction of sp³-hybridized carbons (Fsp3) is 0. The first-order valence-corrected chi connectivity index (χ1v) is 8.10. The SMILES string of the molecule is O=c1ccc2cc(S(=O)(=O)n3nnc4ccccc43)ccc2o1. The van der Waals surface area contributed by atoms with Crippen LogP contribution in [-0.2, 0) is 10.0 Å². The van der Waals surface area contributed by atoms with Gasteiger partial charge in [0.15, 0.2) is 0 Å². The highest BCUT2D eigenvalue weighted by molar-refractivity contribution is 7.90. The molecule has 0 unspecified atom stereocenters. The number of fused-ring (bicyclic) bond motifs is 2. The van der Waals surface area contributed by atoms with Crippen LogP contribution in [0.1, 0.15) is 0 Å². The molecule has 0 atom stereocenters. The van der Waals surface area contributed by atoms with E-state index in [1.165, 1.54) is 30.3 Å². The molecular formula is C15H9N3O4S. The monoisotopic (exact) mass is 327 g/mol. The van der Waals surface area contributed by atoms with Gasteiger partial charge in [0.25, 0.3) is 10.0 Å². The lowest BCUT2D eigenvalue weighted by Crippen LogP contribution is -2.14. The molecule has 2 heterocycles. The molecule has 7 nitrogen and oxygen atoms in total. The molecule has 0 aliphatic carbocycles. The quantitative estimate of drug-likeness (QED) is 0.521. The van der Waals surface area contributed by atoms with Crippen molar-refractivity contribution in [2.45, 2.75) is 4.90 Å². The zero-order valence-electron chi connectivity index (χ0n) is 11.6. The minimum absolute atomic E-state index is 0.0366. The van der Waals surface area contributed by atoms with Gasteiger partial charge in [-0.1, -0.05) is 17.3 Å². The van der Waals surface area contributed by atoms with E-state index >= 15 is 0 Å².